The Morgan fingerprint density at radius 3 is 2.75 bits per heavy atom. The van der Waals surface area contributed by atoms with Gasteiger partial charge in [-0.15, -0.1) is 16.1 Å². The molecule has 0 radical (unpaired) electrons. The van der Waals surface area contributed by atoms with Crippen LogP contribution < -0.4 is 15.4 Å². The first-order chi connectivity index (χ1) is 24.9. The number of aromatic nitrogens is 6. The molecule has 2 atom stereocenters. The van der Waals surface area contributed by atoms with E-state index < -0.39 is 40.5 Å². The standard InChI is InChI=1S/C36H37F4N9O3/c1-4-7-22-12-25(41)31(37)29(30(22)36(38,39)40)28-14-26-24(18-50-28)32(43-34(42-26)51-19-35-8-5-10-48(35)16-20(2)15-35)47-9-6-11-49-23(17-47)13-27(46-49)33-45-44-21(3)52-33/h12-13,28H,2,5-6,8-11,14-19,41H2,1,3H3. The molecule has 272 valence electrons. The second kappa shape index (κ2) is 12.9. The van der Waals surface area contributed by atoms with Crippen LogP contribution in [0.25, 0.3) is 11.6 Å². The molecule has 52 heavy (non-hydrogen) atoms. The molecule has 4 aliphatic rings. The molecule has 2 fully saturated rings. The van der Waals surface area contributed by atoms with Crippen molar-refractivity contribution in [1.82, 2.24) is 34.8 Å². The smallest absolute Gasteiger partial charge is 0.418 e. The maximum Gasteiger partial charge on any atom is 0.418 e. The normalized spacial score (nSPS) is 21.7. The average molecular weight is 720 g/mol. The first-order valence-electron chi connectivity index (χ1n) is 17.2. The fourth-order valence-electron chi connectivity index (χ4n) is 8.08. The molecule has 0 bridgehead atoms. The van der Waals surface area contributed by atoms with E-state index in [-0.39, 0.29) is 24.6 Å². The molecule has 7 heterocycles. The number of hydrogen-bond acceptors (Lipinski definition) is 11. The van der Waals surface area contributed by atoms with Gasteiger partial charge < -0.3 is 24.5 Å². The lowest BCUT2D eigenvalue weighted by Crippen LogP contribution is -2.43. The molecule has 4 aromatic rings. The van der Waals surface area contributed by atoms with E-state index in [0.29, 0.717) is 67.2 Å². The van der Waals surface area contributed by atoms with Crippen molar-refractivity contribution in [2.75, 3.05) is 36.9 Å². The van der Waals surface area contributed by atoms with Crippen molar-refractivity contribution >= 4 is 11.5 Å². The topological polar surface area (TPSA) is 133 Å². The summed E-state index contributed by atoms with van der Waals surface area (Å²) < 4.78 is 79.5. The van der Waals surface area contributed by atoms with Crippen LogP contribution in [-0.4, -0.2) is 66.6 Å². The van der Waals surface area contributed by atoms with Crippen molar-refractivity contribution in [3.8, 4) is 29.4 Å². The quantitative estimate of drug-likeness (QED) is 0.117. The molecule has 0 amide bonds. The number of rotatable bonds is 6. The van der Waals surface area contributed by atoms with Crippen LogP contribution in [0.3, 0.4) is 0 Å². The van der Waals surface area contributed by atoms with Crippen LogP contribution in [0.2, 0.25) is 0 Å². The Labute approximate surface area is 297 Å². The highest BCUT2D eigenvalue weighted by Crippen LogP contribution is 2.45. The molecule has 0 saturated carbocycles. The van der Waals surface area contributed by atoms with E-state index in [0.717, 1.165) is 49.7 Å². The summed E-state index contributed by atoms with van der Waals surface area (Å²) in [6, 6.07) is 2.90. The van der Waals surface area contributed by atoms with E-state index in [1.165, 1.54) is 6.92 Å². The van der Waals surface area contributed by atoms with Crippen molar-refractivity contribution in [2.45, 2.75) is 83.5 Å². The summed E-state index contributed by atoms with van der Waals surface area (Å²) in [5.41, 5.74) is 6.49. The van der Waals surface area contributed by atoms with Crippen LogP contribution in [0.1, 0.15) is 78.2 Å². The highest BCUT2D eigenvalue weighted by molar-refractivity contribution is 5.59. The van der Waals surface area contributed by atoms with Gasteiger partial charge in [0.1, 0.15) is 18.1 Å². The zero-order valence-corrected chi connectivity index (χ0v) is 28.8. The van der Waals surface area contributed by atoms with Gasteiger partial charge in [-0.2, -0.15) is 28.2 Å². The molecular formula is C36H37F4N9O3. The van der Waals surface area contributed by atoms with Crippen molar-refractivity contribution < 1.29 is 31.5 Å². The second-order valence-corrected chi connectivity index (χ2v) is 13.9. The van der Waals surface area contributed by atoms with Gasteiger partial charge in [-0.05, 0) is 51.3 Å². The number of halogens is 4. The molecule has 8 rings (SSSR count). The zero-order valence-electron chi connectivity index (χ0n) is 28.8. The second-order valence-electron chi connectivity index (χ2n) is 13.9. The van der Waals surface area contributed by atoms with Gasteiger partial charge in [-0.25, -0.2) is 4.39 Å². The summed E-state index contributed by atoms with van der Waals surface area (Å²) in [4.78, 5) is 14.1. The summed E-state index contributed by atoms with van der Waals surface area (Å²) in [6.45, 7) is 10.8. The van der Waals surface area contributed by atoms with Crippen LogP contribution in [0.4, 0.5) is 29.1 Å². The summed E-state index contributed by atoms with van der Waals surface area (Å²) in [5, 5.41) is 12.7. The van der Waals surface area contributed by atoms with E-state index in [1.807, 2.05) is 10.7 Å². The van der Waals surface area contributed by atoms with Crippen molar-refractivity contribution in [1.29, 1.82) is 0 Å². The Balaban J connectivity index is 1.18. The number of nitrogens with two attached hydrogens (primary N) is 1. The summed E-state index contributed by atoms with van der Waals surface area (Å²) in [5.74, 6) is 5.01. The molecule has 0 spiro atoms. The minimum absolute atomic E-state index is 0.0922. The van der Waals surface area contributed by atoms with Crippen molar-refractivity contribution in [3.63, 3.8) is 0 Å². The summed E-state index contributed by atoms with van der Waals surface area (Å²) in [7, 11) is 0. The fourth-order valence-corrected chi connectivity index (χ4v) is 8.08. The van der Waals surface area contributed by atoms with Gasteiger partial charge in [-0.1, -0.05) is 18.1 Å². The third kappa shape index (κ3) is 6.05. The molecule has 2 N–H and O–H groups in total. The summed E-state index contributed by atoms with van der Waals surface area (Å²) >= 11 is 0. The monoisotopic (exact) mass is 719 g/mol. The first kappa shape index (κ1) is 34.1. The predicted molar refractivity (Wildman–Crippen MR) is 180 cm³/mol. The molecule has 16 heteroatoms. The number of alkyl halides is 3. The number of hydrogen-bond donors (Lipinski definition) is 1. The van der Waals surface area contributed by atoms with Crippen molar-refractivity contribution in [2.24, 2.45) is 0 Å². The third-order valence-electron chi connectivity index (χ3n) is 10.3. The molecule has 1 aromatic carbocycles. The van der Waals surface area contributed by atoms with Crippen LogP contribution in [0.5, 0.6) is 6.01 Å². The Hall–Kier alpha value is -5.01. The fraction of sp³-hybridized carbons (Fsp3) is 0.472. The predicted octanol–water partition coefficient (Wildman–Crippen LogP) is 5.54. The number of benzene rings is 1. The van der Waals surface area contributed by atoms with Gasteiger partial charge in [0.25, 0.3) is 5.89 Å². The lowest BCUT2D eigenvalue weighted by molar-refractivity contribution is -0.140. The minimum Gasteiger partial charge on any atom is -0.461 e. The number of anilines is 2. The van der Waals surface area contributed by atoms with Gasteiger partial charge in [0.05, 0.1) is 47.4 Å². The molecular weight excluding hydrogens is 682 g/mol. The SMILES string of the molecule is C=C1CN2CCCC2(COc2nc3c(c(N4CCCn5nc(-c6nnc(C)o6)cc5C4)n2)COC(c2c(F)c(N)cc(C#CC)c2C(F)(F)F)C3)C1. The van der Waals surface area contributed by atoms with E-state index in [9.17, 15) is 13.2 Å². The van der Waals surface area contributed by atoms with Crippen molar-refractivity contribution in [3.05, 3.63) is 69.6 Å². The van der Waals surface area contributed by atoms with Crippen LogP contribution in [0.15, 0.2) is 28.7 Å². The van der Waals surface area contributed by atoms with E-state index in [2.05, 4.69) is 38.4 Å². The minimum atomic E-state index is -4.93. The average Bonchev–Trinajstić information content (AvgIpc) is 3.85. The highest BCUT2D eigenvalue weighted by Gasteiger charge is 2.47. The third-order valence-corrected chi connectivity index (χ3v) is 10.3. The van der Waals surface area contributed by atoms with E-state index in [4.69, 9.17) is 34.7 Å². The first-order valence-corrected chi connectivity index (χ1v) is 17.2. The summed E-state index contributed by atoms with van der Waals surface area (Å²) in [6.07, 6.45) is -2.97. The largest absolute Gasteiger partial charge is 0.461 e. The molecule has 12 nitrogen and oxygen atoms in total. The number of nitrogen functional groups attached to an aromatic ring is 1. The van der Waals surface area contributed by atoms with Gasteiger partial charge in [0.15, 0.2) is 5.82 Å². The zero-order chi connectivity index (χ0) is 36.4. The van der Waals surface area contributed by atoms with Crippen LogP contribution >= 0.6 is 0 Å². The molecule has 3 aromatic heterocycles. The number of nitrogens with zero attached hydrogens (tertiary/aromatic N) is 8. The van der Waals surface area contributed by atoms with Gasteiger partial charge in [0.2, 0.25) is 5.89 Å². The maximum absolute atomic E-state index is 15.7. The maximum atomic E-state index is 15.7. The number of fused-ring (bicyclic) bond motifs is 3. The lowest BCUT2D eigenvalue weighted by atomic mass is 9.91. The Kier molecular flexibility index (Phi) is 8.45. The Bertz CT molecular complexity index is 2130. The Morgan fingerprint density at radius 1 is 1.13 bits per heavy atom. The van der Waals surface area contributed by atoms with Gasteiger partial charge in [0, 0.05) is 49.7 Å². The van der Waals surface area contributed by atoms with E-state index >= 15 is 4.39 Å². The van der Waals surface area contributed by atoms with Crippen LogP contribution in [-0.2, 0) is 37.0 Å². The molecule has 4 aliphatic heterocycles. The molecule has 2 saturated heterocycles. The highest BCUT2D eigenvalue weighted by atomic mass is 19.4. The van der Waals surface area contributed by atoms with Gasteiger partial charge in [-0.3, -0.25) is 9.58 Å². The lowest BCUT2D eigenvalue weighted by Gasteiger charge is -2.33. The molecule has 0 aliphatic carbocycles. The Morgan fingerprint density at radius 2 is 1.98 bits per heavy atom. The van der Waals surface area contributed by atoms with Gasteiger partial charge >= 0.3 is 12.2 Å². The molecule has 2 unspecified atom stereocenters. The van der Waals surface area contributed by atoms with Crippen LogP contribution in [0, 0.1) is 24.6 Å². The number of ether oxygens (including phenoxy) is 2. The number of aryl methyl sites for hydroxylation is 2. The van der Waals surface area contributed by atoms with E-state index in [1.54, 1.807) is 6.92 Å².